The first kappa shape index (κ1) is 114. The van der Waals surface area contributed by atoms with E-state index in [1.54, 1.807) is 0 Å². The van der Waals surface area contributed by atoms with E-state index in [9.17, 15) is 43.5 Å². The zero-order chi connectivity index (χ0) is 86.5. The van der Waals surface area contributed by atoms with Crippen molar-refractivity contribution in [3.05, 3.63) is 158 Å². The highest BCUT2D eigenvalue weighted by Gasteiger charge is 2.30. The molecule has 119 heavy (non-hydrogen) atoms. The molecule has 5 unspecified atom stereocenters. The van der Waals surface area contributed by atoms with Crippen LogP contribution in [0.4, 0.5) is 0 Å². The largest absolute Gasteiger partial charge is 0.472 e. The number of phosphoric ester groups is 2. The number of unbranched alkanes of at least 4 members (excludes halogenated alkanes) is 41. The molecular weight excluding hydrogens is 1530 g/mol. The van der Waals surface area contributed by atoms with Gasteiger partial charge in [-0.25, -0.2) is 9.13 Å². The van der Waals surface area contributed by atoms with Gasteiger partial charge in [-0.05, 0) is 148 Å². The molecule has 0 spiro atoms. The Morgan fingerprint density at radius 2 is 0.445 bits per heavy atom. The van der Waals surface area contributed by atoms with Crippen LogP contribution in [0.1, 0.15) is 406 Å². The maximum atomic E-state index is 13.0. The van der Waals surface area contributed by atoms with E-state index in [0.717, 1.165) is 154 Å². The van der Waals surface area contributed by atoms with Crippen molar-refractivity contribution in [2.75, 3.05) is 39.6 Å². The minimum atomic E-state index is -4.94. The number of aliphatic hydroxyl groups is 2. The molecule has 0 aromatic carbocycles. The van der Waals surface area contributed by atoms with Gasteiger partial charge in [0, 0.05) is 19.3 Å². The molecule has 0 saturated heterocycles. The Labute approximate surface area is 727 Å². The molecular formula is C101H174O16P2. The SMILES string of the molecule is CC/C=C\C/C=C\C/C=C\C/C=C\C/C=C\C/C=C\CCCCCCCCCCCCCCCCCCC(=O)OCC(O)COP(=O)(O)OCC(O)COP(=O)(O)OCC(COC(=O)CCCCCCCCCCCCCCCCCCC/C=C\C/C=C\C/C=C\C/C=C\C/C=C\CC)OC(=O)CCCCCCC/C=C\C/C=C\CCCCC. The van der Waals surface area contributed by atoms with Gasteiger partial charge in [-0.15, -0.1) is 0 Å². The lowest BCUT2D eigenvalue weighted by Gasteiger charge is -2.21. The molecule has 0 aliphatic rings. The van der Waals surface area contributed by atoms with Crippen LogP contribution in [0.2, 0.25) is 0 Å². The third kappa shape index (κ3) is 93.7. The van der Waals surface area contributed by atoms with Gasteiger partial charge in [-0.1, -0.05) is 397 Å². The number of esters is 3. The molecule has 0 saturated carbocycles. The second-order valence-electron chi connectivity index (χ2n) is 31.8. The summed E-state index contributed by atoms with van der Waals surface area (Å²) in [6, 6.07) is 0. The van der Waals surface area contributed by atoms with E-state index in [1.165, 1.54) is 193 Å². The summed E-state index contributed by atoms with van der Waals surface area (Å²) in [6.07, 6.45) is 119. The minimum absolute atomic E-state index is 0.0884. The molecule has 0 aliphatic heterocycles. The zero-order valence-corrected chi connectivity index (χ0v) is 77.3. The van der Waals surface area contributed by atoms with E-state index in [1.807, 2.05) is 0 Å². The Hall–Kier alpha value is -4.83. The van der Waals surface area contributed by atoms with E-state index >= 15 is 0 Å². The number of ether oxygens (including phenoxy) is 3. The number of aliphatic hydroxyl groups excluding tert-OH is 2. The van der Waals surface area contributed by atoms with Gasteiger partial charge in [0.2, 0.25) is 0 Å². The van der Waals surface area contributed by atoms with Crippen molar-refractivity contribution in [3.63, 3.8) is 0 Å². The first-order valence-corrected chi connectivity index (χ1v) is 50.8. The van der Waals surface area contributed by atoms with Crippen LogP contribution >= 0.6 is 15.6 Å². The van der Waals surface area contributed by atoms with Crippen LogP contribution in [0.3, 0.4) is 0 Å². The fourth-order valence-corrected chi connectivity index (χ4v) is 14.6. The summed E-state index contributed by atoms with van der Waals surface area (Å²) in [5.74, 6) is -1.58. The van der Waals surface area contributed by atoms with Gasteiger partial charge in [0.1, 0.15) is 25.4 Å². The average molecular weight is 1710 g/mol. The molecule has 0 rings (SSSR count). The maximum Gasteiger partial charge on any atom is 0.472 e. The van der Waals surface area contributed by atoms with Gasteiger partial charge in [0.05, 0.1) is 26.4 Å². The van der Waals surface area contributed by atoms with Crippen LogP contribution in [0, 0.1) is 0 Å². The van der Waals surface area contributed by atoms with E-state index < -0.39 is 91.5 Å². The van der Waals surface area contributed by atoms with Gasteiger partial charge in [0.15, 0.2) is 6.10 Å². The van der Waals surface area contributed by atoms with Crippen molar-refractivity contribution in [3.8, 4) is 0 Å². The van der Waals surface area contributed by atoms with Crippen LogP contribution in [0.5, 0.6) is 0 Å². The number of allylic oxidation sites excluding steroid dienone is 26. The Morgan fingerprint density at radius 1 is 0.244 bits per heavy atom. The van der Waals surface area contributed by atoms with Gasteiger partial charge in [0.25, 0.3) is 0 Å². The molecule has 0 heterocycles. The van der Waals surface area contributed by atoms with Gasteiger partial charge in [-0.3, -0.25) is 32.5 Å². The van der Waals surface area contributed by atoms with Gasteiger partial charge in [-0.2, -0.15) is 0 Å². The predicted molar refractivity (Wildman–Crippen MR) is 500 cm³/mol. The highest BCUT2D eigenvalue weighted by molar-refractivity contribution is 7.47. The second kappa shape index (κ2) is 92.4. The summed E-state index contributed by atoms with van der Waals surface area (Å²) in [5.41, 5.74) is 0. The maximum absolute atomic E-state index is 13.0. The number of phosphoric acid groups is 2. The molecule has 0 radical (unpaired) electrons. The zero-order valence-electron chi connectivity index (χ0n) is 75.5. The normalized spacial score (nSPS) is 14.4. The first-order chi connectivity index (χ1) is 58.2. The fourth-order valence-electron chi connectivity index (χ4n) is 13.0. The Kier molecular flexibility index (Phi) is 88.6. The van der Waals surface area contributed by atoms with Crippen LogP contribution in [0.25, 0.3) is 0 Å². The van der Waals surface area contributed by atoms with Crippen molar-refractivity contribution >= 4 is 33.6 Å². The van der Waals surface area contributed by atoms with Crippen LogP contribution in [-0.4, -0.2) is 95.9 Å². The molecule has 5 atom stereocenters. The summed E-state index contributed by atoms with van der Waals surface area (Å²) < 4.78 is 61.4. The monoisotopic (exact) mass is 1710 g/mol. The van der Waals surface area contributed by atoms with E-state index in [4.69, 9.17) is 32.3 Å². The molecule has 4 N–H and O–H groups in total. The van der Waals surface area contributed by atoms with E-state index in [0.29, 0.717) is 19.3 Å². The van der Waals surface area contributed by atoms with Gasteiger partial charge >= 0.3 is 33.6 Å². The predicted octanol–water partition coefficient (Wildman–Crippen LogP) is 29.7. The Balaban J connectivity index is 4.42. The first-order valence-electron chi connectivity index (χ1n) is 47.8. The quantitative estimate of drug-likeness (QED) is 0.0146. The van der Waals surface area contributed by atoms with Crippen molar-refractivity contribution < 1.29 is 75.8 Å². The van der Waals surface area contributed by atoms with Crippen molar-refractivity contribution in [2.24, 2.45) is 0 Å². The molecule has 18 heteroatoms. The molecule has 0 aromatic heterocycles. The topological polar surface area (TPSA) is 231 Å². The minimum Gasteiger partial charge on any atom is -0.463 e. The molecule has 684 valence electrons. The third-order valence-corrected chi connectivity index (χ3v) is 22.1. The lowest BCUT2D eigenvalue weighted by molar-refractivity contribution is -0.161. The standard InChI is InChI=1S/C101H174O16P2/c1-4-7-10-13-16-19-22-25-28-30-32-34-36-38-40-42-44-46-47-49-51-52-54-56-58-60-62-64-67-69-72-75-78-81-84-87-99(104)111-90-96(102)91-113-118(107,108)114-92-97(103)93-115-119(109,110)116-95-98(117-101(106)89-86-83-80-77-74-71-66-27-24-21-18-15-12-9-6-3)94-112-100(105)88-85-82-79-76-73-70-68-65-63-61-59-57-55-53-50-48-45-43-41-39-37-35-33-31-29-26-23-20-17-14-11-8-5-2/h7-8,10-11,16-21,25-29,32-35,38-41,44,46,66,96-98,102-103H,4-6,9,12-15,22-24,30-31,36-37,42-43,45,47-65,67-95H2,1-3H3,(H,107,108)(H,109,110)/b10-7-,11-8-,19-16-,20-17-,21-18-,28-25-,29-26-,34-32-,35-33-,40-38-,41-39-,46-44-,66-27-. The second-order valence-corrected chi connectivity index (χ2v) is 34.7. The highest BCUT2D eigenvalue weighted by Crippen LogP contribution is 2.45. The van der Waals surface area contributed by atoms with Crippen LogP contribution < -0.4 is 0 Å². The van der Waals surface area contributed by atoms with E-state index in [2.05, 4.69) is 179 Å². The number of hydrogen-bond donors (Lipinski definition) is 4. The Morgan fingerprint density at radius 3 is 0.706 bits per heavy atom. The lowest BCUT2D eigenvalue weighted by atomic mass is 10.0. The highest BCUT2D eigenvalue weighted by atomic mass is 31.2. The number of rotatable bonds is 90. The van der Waals surface area contributed by atoms with Crippen molar-refractivity contribution in [1.29, 1.82) is 0 Å². The van der Waals surface area contributed by atoms with E-state index in [-0.39, 0.29) is 19.3 Å². The number of carbonyl (C=O) groups excluding carboxylic acids is 3. The average Bonchev–Trinajstić information content (AvgIpc) is 0.898. The molecule has 0 fully saturated rings. The summed E-state index contributed by atoms with van der Waals surface area (Å²) in [7, 11) is -9.81. The molecule has 0 bridgehead atoms. The number of carbonyl (C=O) groups is 3. The Bertz CT molecular complexity index is 2790. The van der Waals surface area contributed by atoms with Crippen molar-refractivity contribution in [2.45, 2.75) is 424 Å². The third-order valence-electron chi connectivity index (χ3n) is 20.2. The molecule has 16 nitrogen and oxygen atoms in total. The summed E-state index contributed by atoms with van der Waals surface area (Å²) in [4.78, 5) is 59.0. The fraction of sp³-hybridized carbons (Fsp3) is 0.713. The smallest absolute Gasteiger partial charge is 0.463 e. The van der Waals surface area contributed by atoms with Crippen LogP contribution in [0.15, 0.2) is 158 Å². The summed E-state index contributed by atoms with van der Waals surface area (Å²) in [5, 5.41) is 20.7. The summed E-state index contributed by atoms with van der Waals surface area (Å²) >= 11 is 0. The summed E-state index contributed by atoms with van der Waals surface area (Å²) in [6.45, 7) is 2.47. The van der Waals surface area contributed by atoms with Crippen LogP contribution in [-0.2, 0) is 55.8 Å². The molecule has 0 aliphatic carbocycles. The van der Waals surface area contributed by atoms with Crippen molar-refractivity contribution in [1.82, 2.24) is 0 Å². The number of hydrogen-bond acceptors (Lipinski definition) is 14. The lowest BCUT2D eigenvalue weighted by Crippen LogP contribution is -2.30. The molecule has 0 amide bonds. The molecule has 0 aromatic rings. The van der Waals surface area contributed by atoms with Gasteiger partial charge < -0.3 is 34.2 Å².